The number of carbonyl (C=O) groups excluding carboxylic acids is 1. The second-order valence-corrected chi connectivity index (χ2v) is 12.3. The normalized spacial score (nSPS) is 46.0. The Labute approximate surface area is 212 Å². The number of fused-ring (bicyclic) bond motifs is 5. The molecule has 8 atom stereocenters. The van der Waals surface area contributed by atoms with Crippen molar-refractivity contribution in [3.63, 3.8) is 0 Å². The number of anilines is 1. The largest absolute Gasteiger partial charge is 0.458 e. The molecular weight excluding hydrogens is 456 g/mol. The molecule has 4 fully saturated rings. The third kappa shape index (κ3) is 3.35. The lowest BCUT2D eigenvalue weighted by Gasteiger charge is -2.65. The van der Waals surface area contributed by atoms with Gasteiger partial charge in [-0.3, -0.25) is 5.43 Å². The van der Waals surface area contributed by atoms with Gasteiger partial charge in [0.25, 0.3) is 0 Å². The summed E-state index contributed by atoms with van der Waals surface area (Å²) in [6.45, 7) is 2.54. The molecule has 0 bridgehead atoms. The zero-order valence-electron chi connectivity index (χ0n) is 21.0. The summed E-state index contributed by atoms with van der Waals surface area (Å²) in [6, 6.07) is 9.77. The van der Waals surface area contributed by atoms with E-state index in [1.165, 1.54) is 0 Å². The fourth-order valence-corrected chi connectivity index (χ4v) is 9.10. The Balaban J connectivity index is 1.35. The van der Waals surface area contributed by atoms with E-state index in [9.17, 15) is 20.1 Å². The molecule has 0 amide bonds. The van der Waals surface area contributed by atoms with Crippen LogP contribution in [-0.4, -0.2) is 51.4 Å². The fraction of sp³-hybridized carbons (Fsp3) is 0.655. The molecule has 4 N–H and O–H groups in total. The summed E-state index contributed by atoms with van der Waals surface area (Å²) in [4.78, 5) is 11.8. The molecule has 1 aliphatic heterocycles. The second kappa shape index (κ2) is 8.40. The number of nitrogens with one attached hydrogen (secondary N) is 1. The summed E-state index contributed by atoms with van der Waals surface area (Å²) in [5, 5.41) is 39.7. The van der Waals surface area contributed by atoms with Crippen LogP contribution in [0.25, 0.3) is 0 Å². The molecule has 5 aliphatic rings. The molecule has 4 aliphatic carbocycles. The number of aliphatic hydroxyl groups excluding tert-OH is 1. The number of hydrazone groups is 1. The first kappa shape index (κ1) is 24.1. The van der Waals surface area contributed by atoms with Crippen molar-refractivity contribution in [3.8, 4) is 0 Å². The van der Waals surface area contributed by atoms with Gasteiger partial charge in [-0.15, -0.1) is 0 Å². The van der Waals surface area contributed by atoms with Crippen molar-refractivity contribution in [2.45, 2.75) is 82.0 Å². The summed E-state index contributed by atoms with van der Waals surface area (Å²) in [5.74, 6) is -0.0496. The fourth-order valence-electron chi connectivity index (χ4n) is 9.10. The average molecular weight is 495 g/mol. The maximum Gasteiger partial charge on any atom is 0.331 e. The van der Waals surface area contributed by atoms with Gasteiger partial charge in [-0.2, -0.15) is 5.10 Å². The first-order valence-corrected chi connectivity index (χ1v) is 13.6. The van der Waals surface area contributed by atoms with Gasteiger partial charge in [0.15, 0.2) is 0 Å². The Kier molecular flexibility index (Phi) is 5.63. The number of nitrogens with zero attached hydrogens (tertiary/aromatic N) is 1. The minimum absolute atomic E-state index is 0.0265. The van der Waals surface area contributed by atoms with Gasteiger partial charge in [0, 0.05) is 29.5 Å². The van der Waals surface area contributed by atoms with E-state index in [4.69, 9.17) is 4.74 Å². The van der Waals surface area contributed by atoms with Crippen LogP contribution >= 0.6 is 0 Å². The van der Waals surface area contributed by atoms with E-state index in [1.54, 1.807) is 6.08 Å². The van der Waals surface area contributed by atoms with E-state index < -0.39 is 22.7 Å². The average Bonchev–Trinajstić information content (AvgIpc) is 3.40. The SMILES string of the molecule is C[C@]12CCC3C(CC[C@]4(O)C[C@@H](O)CC[C@]34/C=N/Nc3ccccc3)[C@@]1(O)CC[C@@H]2C1=CC(=O)OC1. The van der Waals surface area contributed by atoms with Crippen molar-refractivity contribution in [2.24, 2.45) is 33.7 Å². The van der Waals surface area contributed by atoms with E-state index in [1.807, 2.05) is 36.5 Å². The van der Waals surface area contributed by atoms with Crippen LogP contribution in [0.15, 0.2) is 47.1 Å². The van der Waals surface area contributed by atoms with Crippen LogP contribution < -0.4 is 5.43 Å². The number of hydrogen-bond donors (Lipinski definition) is 4. The topological polar surface area (TPSA) is 111 Å². The summed E-state index contributed by atoms with van der Waals surface area (Å²) >= 11 is 0. The number of rotatable bonds is 4. The van der Waals surface area contributed by atoms with Gasteiger partial charge >= 0.3 is 5.97 Å². The van der Waals surface area contributed by atoms with Crippen molar-refractivity contribution in [1.82, 2.24) is 0 Å². The first-order chi connectivity index (χ1) is 17.2. The highest BCUT2D eigenvalue weighted by Crippen LogP contribution is 2.70. The zero-order chi connectivity index (χ0) is 25.2. The molecule has 1 aromatic carbocycles. The molecule has 7 nitrogen and oxygen atoms in total. The predicted octanol–water partition coefficient (Wildman–Crippen LogP) is 3.80. The first-order valence-electron chi connectivity index (χ1n) is 13.6. The zero-order valence-corrected chi connectivity index (χ0v) is 21.0. The minimum atomic E-state index is -1.05. The predicted molar refractivity (Wildman–Crippen MR) is 136 cm³/mol. The molecule has 0 aromatic heterocycles. The Morgan fingerprint density at radius 2 is 1.81 bits per heavy atom. The van der Waals surface area contributed by atoms with E-state index in [-0.39, 0.29) is 29.1 Å². The number of para-hydroxylation sites is 1. The van der Waals surface area contributed by atoms with Crippen LogP contribution in [0.1, 0.15) is 64.7 Å². The monoisotopic (exact) mass is 494 g/mol. The number of esters is 1. The number of aliphatic hydroxyl groups is 3. The lowest BCUT2D eigenvalue weighted by molar-refractivity contribution is -0.237. The minimum Gasteiger partial charge on any atom is -0.458 e. The summed E-state index contributed by atoms with van der Waals surface area (Å²) in [6.07, 6.45) is 9.15. The standard InChI is InChI=1S/C29H38N2O5/c1-26-11-8-23-24(29(26,35)14-10-22(26)19-15-25(33)36-17-19)9-13-28(34)16-21(32)7-12-27(23,28)18-30-31-20-5-3-2-4-6-20/h2-6,15,18,21-24,31-32,34-35H,7-14,16-17H2,1H3/b30-18+/t21-,22+,23?,24?,26+,27-,28-,29-/m0/s1. The molecule has 36 heavy (non-hydrogen) atoms. The molecule has 4 saturated carbocycles. The molecule has 2 unspecified atom stereocenters. The number of hydrogen-bond acceptors (Lipinski definition) is 7. The van der Waals surface area contributed by atoms with Crippen LogP contribution in [0.2, 0.25) is 0 Å². The summed E-state index contributed by atoms with van der Waals surface area (Å²) < 4.78 is 5.24. The summed E-state index contributed by atoms with van der Waals surface area (Å²) in [7, 11) is 0. The molecule has 194 valence electrons. The molecule has 6 rings (SSSR count). The molecule has 1 aromatic rings. The van der Waals surface area contributed by atoms with Gasteiger partial charge in [-0.05, 0) is 86.8 Å². The van der Waals surface area contributed by atoms with E-state index >= 15 is 0 Å². The molecular formula is C29H38N2O5. The Hall–Kier alpha value is -2.22. The highest BCUT2D eigenvalue weighted by molar-refractivity contribution is 5.85. The van der Waals surface area contributed by atoms with Crippen molar-refractivity contribution in [3.05, 3.63) is 42.0 Å². The van der Waals surface area contributed by atoms with E-state index in [0.29, 0.717) is 38.7 Å². The van der Waals surface area contributed by atoms with Crippen LogP contribution in [0.3, 0.4) is 0 Å². The smallest absolute Gasteiger partial charge is 0.331 e. The number of cyclic esters (lactones) is 1. The van der Waals surface area contributed by atoms with Crippen LogP contribution in [-0.2, 0) is 9.53 Å². The van der Waals surface area contributed by atoms with Crippen molar-refractivity contribution >= 4 is 17.9 Å². The van der Waals surface area contributed by atoms with Crippen molar-refractivity contribution < 1.29 is 24.9 Å². The molecule has 1 heterocycles. The third-order valence-electron chi connectivity index (χ3n) is 10.9. The number of benzene rings is 1. The van der Waals surface area contributed by atoms with Gasteiger partial charge in [0.1, 0.15) is 6.61 Å². The van der Waals surface area contributed by atoms with Crippen molar-refractivity contribution in [2.75, 3.05) is 12.0 Å². The molecule has 0 radical (unpaired) electrons. The Morgan fingerprint density at radius 1 is 1.03 bits per heavy atom. The van der Waals surface area contributed by atoms with Crippen LogP contribution in [0.4, 0.5) is 5.69 Å². The van der Waals surface area contributed by atoms with Crippen LogP contribution in [0, 0.1) is 28.6 Å². The lowest BCUT2D eigenvalue weighted by Crippen LogP contribution is -2.68. The van der Waals surface area contributed by atoms with E-state index in [0.717, 1.165) is 36.9 Å². The van der Waals surface area contributed by atoms with Gasteiger partial charge in [-0.1, -0.05) is 25.1 Å². The molecule has 0 spiro atoms. The lowest BCUT2D eigenvalue weighted by atomic mass is 9.41. The number of ether oxygens (including phenoxy) is 1. The van der Waals surface area contributed by atoms with E-state index in [2.05, 4.69) is 17.5 Å². The van der Waals surface area contributed by atoms with Gasteiger partial charge in [0.2, 0.25) is 0 Å². The Morgan fingerprint density at radius 3 is 2.56 bits per heavy atom. The third-order valence-corrected chi connectivity index (χ3v) is 10.9. The highest BCUT2D eigenvalue weighted by Gasteiger charge is 2.71. The van der Waals surface area contributed by atoms with Gasteiger partial charge in [0.05, 0.1) is 23.0 Å². The van der Waals surface area contributed by atoms with Gasteiger partial charge in [-0.25, -0.2) is 4.79 Å². The van der Waals surface area contributed by atoms with Crippen molar-refractivity contribution in [1.29, 1.82) is 0 Å². The summed E-state index contributed by atoms with van der Waals surface area (Å²) in [5.41, 5.74) is 2.16. The molecule has 0 saturated heterocycles. The second-order valence-electron chi connectivity index (χ2n) is 12.3. The maximum absolute atomic E-state index is 12.5. The number of carbonyl (C=O) groups is 1. The maximum atomic E-state index is 12.5. The van der Waals surface area contributed by atoms with Gasteiger partial charge < -0.3 is 20.1 Å². The highest BCUT2D eigenvalue weighted by atomic mass is 16.5. The molecule has 7 heteroatoms. The van der Waals surface area contributed by atoms with Crippen LogP contribution in [0.5, 0.6) is 0 Å². The quantitative estimate of drug-likeness (QED) is 0.288. The Bertz CT molecular complexity index is 1090.